The van der Waals surface area contributed by atoms with Crippen molar-refractivity contribution in [2.45, 2.75) is 0 Å². The largest absolute Gasteiger partial charge is 0.493 e. The van der Waals surface area contributed by atoms with E-state index in [0.29, 0.717) is 28.8 Å². The lowest BCUT2D eigenvalue weighted by Gasteiger charge is -2.15. The van der Waals surface area contributed by atoms with Crippen molar-refractivity contribution < 1.29 is 19.0 Å². The van der Waals surface area contributed by atoms with E-state index in [1.807, 2.05) is 0 Å². The Morgan fingerprint density at radius 3 is 2.38 bits per heavy atom. The number of carbonyl (C=O) groups is 1. The van der Waals surface area contributed by atoms with Crippen molar-refractivity contribution >= 4 is 11.9 Å². The molecule has 1 heterocycles. The third-order valence-corrected chi connectivity index (χ3v) is 3.00. The summed E-state index contributed by atoms with van der Waals surface area (Å²) in [7, 11) is 6.26. The number of hydrogen-bond donors (Lipinski definition) is 1. The van der Waals surface area contributed by atoms with Crippen LogP contribution in [0.4, 0.5) is 5.95 Å². The molecule has 2 rings (SSSR count). The summed E-state index contributed by atoms with van der Waals surface area (Å²) >= 11 is 0. The summed E-state index contributed by atoms with van der Waals surface area (Å²) in [5.74, 6) is 1.26. The zero-order valence-corrected chi connectivity index (χ0v) is 12.3. The van der Waals surface area contributed by atoms with Gasteiger partial charge in [-0.3, -0.25) is 10.1 Å². The second kappa shape index (κ2) is 6.17. The van der Waals surface area contributed by atoms with E-state index in [9.17, 15) is 4.79 Å². The van der Waals surface area contributed by atoms with Crippen LogP contribution in [0, 0.1) is 0 Å². The van der Waals surface area contributed by atoms with Crippen LogP contribution < -0.4 is 19.5 Å². The van der Waals surface area contributed by atoms with Gasteiger partial charge in [0.15, 0.2) is 11.5 Å². The van der Waals surface area contributed by atoms with Crippen LogP contribution in [0.25, 0.3) is 0 Å². The van der Waals surface area contributed by atoms with Crippen molar-refractivity contribution in [1.29, 1.82) is 0 Å². The Labute approximate surface area is 122 Å². The van der Waals surface area contributed by atoms with Gasteiger partial charge in [0, 0.05) is 19.4 Å². The number of rotatable bonds is 5. The standard InChI is InChI=1S/C14H17N3O4/c1-17-8-7-15-14(17)16-13(18)9-5-6-10(19-2)12(21-4)11(9)20-3/h5-8H,1-4H3,(H,15,16,18). The normalized spacial score (nSPS) is 10.1. The zero-order chi connectivity index (χ0) is 15.4. The van der Waals surface area contributed by atoms with E-state index < -0.39 is 0 Å². The number of carbonyl (C=O) groups excluding carboxylic acids is 1. The minimum Gasteiger partial charge on any atom is -0.493 e. The van der Waals surface area contributed by atoms with E-state index in [1.54, 1.807) is 36.1 Å². The van der Waals surface area contributed by atoms with Crippen molar-refractivity contribution in [3.63, 3.8) is 0 Å². The third kappa shape index (κ3) is 2.76. The summed E-state index contributed by atoms with van der Waals surface area (Å²) in [6.45, 7) is 0. The van der Waals surface area contributed by atoms with Gasteiger partial charge in [-0.05, 0) is 12.1 Å². The number of aryl methyl sites for hydroxylation is 1. The number of nitrogens with one attached hydrogen (secondary N) is 1. The molecular weight excluding hydrogens is 274 g/mol. The van der Waals surface area contributed by atoms with E-state index >= 15 is 0 Å². The molecule has 0 saturated carbocycles. The first kappa shape index (κ1) is 14.7. The number of nitrogens with zero attached hydrogens (tertiary/aromatic N) is 2. The van der Waals surface area contributed by atoms with E-state index in [4.69, 9.17) is 14.2 Å². The van der Waals surface area contributed by atoms with Crippen LogP contribution in [-0.4, -0.2) is 36.8 Å². The average molecular weight is 291 g/mol. The maximum absolute atomic E-state index is 12.4. The summed E-state index contributed by atoms with van der Waals surface area (Å²) in [5.41, 5.74) is 0.332. The molecule has 0 aliphatic heterocycles. The molecule has 0 saturated heterocycles. The fourth-order valence-corrected chi connectivity index (χ4v) is 1.94. The molecule has 1 aromatic heterocycles. The molecule has 1 aromatic carbocycles. The first-order chi connectivity index (χ1) is 10.1. The van der Waals surface area contributed by atoms with Gasteiger partial charge in [-0.15, -0.1) is 0 Å². The van der Waals surface area contributed by atoms with Gasteiger partial charge in [0.25, 0.3) is 5.91 Å². The third-order valence-electron chi connectivity index (χ3n) is 3.00. The fraction of sp³-hybridized carbons (Fsp3) is 0.286. The highest BCUT2D eigenvalue weighted by molar-refractivity contribution is 6.06. The molecule has 0 spiro atoms. The highest BCUT2D eigenvalue weighted by atomic mass is 16.5. The first-order valence-electron chi connectivity index (χ1n) is 6.20. The maximum Gasteiger partial charge on any atom is 0.261 e. The van der Waals surface area contributed by atoms with Gasteiger partial charge in [0.1, 0.15) is 0 Å². The van der Waals surface area contributed by atoms with Crippen LogP contribution in [0.3, 0.4) is 0 Å². The Hall–Kier alpha value is -2.70. The summed E-state index contributed by atoms with van der Waals surface area (Å²) in [4.78, 5) is 16.4. The summed E-state index contributed by atoms with van der Waals surface area (Å²) in [6.07, 6.45) is 3.34. The van der Waals surface area contributed by atoms with Crippen LogP contribution in [0.15, 0.2) is 24.5 Å². The Morgan fingerprint density at radius 2 is 1.86 bits per heavy atom. The van der Waals surface area contributed by atoms with Crippen molar-refractivity contribution in [3.05, 3.63) is 30.1 Å². The fourth-order valence-electron chi connectivity index (χ4n) is 1.94. The topological polar surface area (TPSA) is 74.6 Å². The van der Waals surface area contributed by atoms with Gasteiger partial charge in [-0.2, -0.15) is 0 Å². The monoisotopic (exact) mass is 291 g/mol. The predicted molar refractivity (Wildman–Crippen MR) is 77.3 cm³/mol. The Morgan fingerprint density at radius 1 is 1.14 bits per heavy atom. The second-order valence-corrected chi connectivity index (χ2v) is 4.20. The zero-order valence-electron chi connectivity index (χ0n) is 12.3. The Balaban J connectivity index is 2.39. The lowest BCUT2D eigenvalue weighted by atomic mass is 10.1. The van der Waals surface area contributed by atoms with Gasteiger partial charge < -0.3 is 18.8 Å². The van der Waals surface area contributed by atoms with Crippen LogP contribution >= 0.6 is 0 Å². The smallest absolute Gasteiger partial charge is 0.261 e. The minimum absolute atomic E-state index is 0.309. The Bertz CT molecular complexity index is 652. The van der Waals surface area contributed by atoms with Crippen LogP contribution in [0.1, 0.15) is 10.4 Å². The van der Waals surface area contributed by atoms with Gasteiger partial charge in [-0.1, -0.05) is 0 Å². The number of amides is 1. The highest BCUT2D eigenvalue weighted by Gasteiger charge is 2.21. The molecule has 2 aromatic rings. The van der Waals surface area contributed by atoms with E-state index in [-0.39, 0.29) is 5.91 Å². The predicted octanol–water partition coefficient (Wildman–Crippen LogP) is 1.70. The molecule has 0 unspecified atom stereocenters. The molecule has 112 valence electrons. The lowest BCUT2D eigenvalue weighted by Crippen LogP contribution is -2.16. The van der Waals surface area contributed by atoms with Crippen LogP contribution in [0.5, 0.6) is 17.2 Å². The molecule has 1 N–H and O–H groups in total. The lowest BCUT2D eigenvalue weighted by molar-refractivity contribution is 0.102. The van der Waals surface area contributed by atoms with Crippen molar-refractivity contribution in [3.8, 4) is 17.2 Å². The number of anilines is 1. The van der Waals surface area contributed by atoms with E-state index in [0.717, 1.165) is 0 Å². The number of benzene rings is 1. The molecule has 0 fully saturated rings. The van der Waals surface area contributed by atoms with Crippen molar-refractivity contribution in [2.24, 2.45) is 7.05 Å². The van der Waals surface area contributed by atoms with E-state index in [2.05, 4.69) is 10.3 Å². The van der Waals surface area contributed by atoms with Gasteiger partial charge in [0.05, 0.1) is 26.9 Å². The molecule has 1 amide bonds. The molecule has 0 radical (unpaired) electrons. The minimum atomic E-state index is -0.345. The van der Waals surface area contributed by atoms with Crippen LogP contribution in [-0.2, 0) is 7.05 Å². The number of methoxy groups -OCH3 is 3. The maximum atomic E-state index is 12.4. The summed E-state index contributed by atoms with van der Waals surface area (Å²) in [6, 6.07) is 3.26. The number of hydrogen-bond acceptors (Lipinski definition) is 5. The quantitative estimate of drug-likeness (QED) is 0.907. The molecule has 0 bridgehead atoms. The average Bonchev–Trinajstić information content (AvgIpc) is 2.90. The first-order valence-corrected chi connectivity index (χ1v) is 6.20. The number of aromatic nitrogens is 2. The highest BCUT2D eigenvalue weighted by Crippen LogP contribution is 2.39. The number of ether oxygens (including phenoxy) is 3. The molecular formula is C14H17N3O4. The van der Waals surface area contributed by atoms with Gasteiger partial charge >= 0.3 is 0 Å². The molecule has 7 heteroatoms. The molecule has 0 atom stereocenters. The summed E-state index contributed by atoms with van der Waals surface area (Å²) in [5, 5.41) is 2.71. The van der Waals surface area contributed by atoms with Crippen LogP contribution in [0.2, 0.25) is 0 Å². The molecule has 0 aliphatic carbocycles. The SMILES string of the molecule is COc1ccc(C(=O)Nc2nccn2C)c(OC)c1OC. The molecule has 21 heavy (non-hydrogen) atoms. The Kier molecular flexibility index (Phi) is 4.32. The number of imidazole rings is 1. The summed E-state index contributed by atoms with van der Waals surface area (Å²) < 4.78 is 17.4. The second-order valence-electron chi connectivity index (χ2n) is 4.20. The van der Waals surface area contributed by atoms with E-state index in [1.165, 1.54) is 21.3 Å². The molecule has 7 nitrogen and oxygen atoms in total. The molecule has 0 aliphatic rings. The van der Waals surface area contributed by atoms with Crippen molar-refractivity contribution in [2.75, 3.05) is 26.6 Å². The van der Waals surface area contributed by atoms with Gasteiger partial charge in [-0.25, -0.2) is 4.98 Å². The van der Waals surface area contributed by atoms with Gasteiger partial charge in [0.2, 0.25) is 11.7 Å². The van der Waals surface area contributed by atoms with Crippen molar-refractivity contribution in [1.82, 2.24) is 9.55 Å².